The Morgan fingerprint density at radius 3 is 2.19 bits per heavy atom. The van der Waals surface area contributed by atoms with Gasteiger partial charge in [0.15, 0.2) is 11.6 Å². The average Bonchev–Trinajstić information content (AvgIpc) is 2.77. The first-order valence-electron chi connectivity index (χ1n) is 10.6. The summed E-state index contributed by atoms with van der Waals surface area (Å²) in [5.74, 6) is -0.160. The van der Waals surface area contributed by atoms with Crippen molar-refractivity contribution < 1.29 is 14.4 Å². The molecule has 4 nitrogen and oxygen atoms in total. The highest BCUT2D eigenvalue weighted by Crippen LogP contribution is 2.41. The number of hydrogen-bond donors (Lipinski definition) is 0. The summed E-state index contributed by atoms with van der Waals surface area (Å²) < 4.78 is 0. The number of benzene rings is 3. The molecule has 0 saturated carbocycles. The molecule has 1 aliphatic heterocycles. The Labute approximate surface area is 181 Å². The second-order valence-electron chi connectivity index (χ2n) is 8.64. The lowest BCUT2D eigenvalue weighted by atomic mass is 9.82. The molecule has 0 fully saturated rings. The Bertz CT molecular complexity index is 1270. The fourth-order valence-electron chi connectivity index (χ4n) is 5.05. The first kappa shape index (κ1) is 19.4. The van der Waals surface area contributed by atoms with Crippen molar-refractivity contribution in [3.05, 3.63) is 99.6 Å². The van der Waals surface area contributed by atoms with Crippen LogP contribution in [-0.4, -0.2) is 23.5 Å². The lowest BCUT2D eigenvalue weighted by Crippen LogP contribution is -2.43. The lowest BCUT2D eigenvalue weighted by molar-refractivity contribution is 0.0968. The van der Waals surface area contributed by atoms with Gasteiger partial charge in [0.2, 0.25) is 0 Å². The highest BCUT2D eigenvalue weighted by molar-refractivity contribution is 6.29. The highest BCUT2D eigenvalue weighted by atomic mass is 16.2. The quantitative estimate of drug-likeness (QED) is 0.428. The molecule has 0 radical (unpaired) electrons. The fourth-order valence-corrected chi connectivity index (χ4v) is 5.05. The minimum Gasteiger partial charge on any atom is -0.305 e. The van der Waals surface area contributed by atoms with Crippen LogP contribution in [0.5, 0.6) is 0 Å². The van der Waals surface area contributed by atoms with Crippen LogP contribution >= 0.6 is 0 Å². The van der Waals surface area contributed by atoms with E-state index in [1.807, 2.05) is 24.0 Å². The Hall–Kier alpha value is -3.53. The first-order chi connectivity index (χ1) is 14.9. The number of nitrogens with zero attached hydrogens (tertiary/aromatic N) is 1. The summed E-state index contributed by atoms with van der Waals surface area (Å²) in [6.07, 6.45) is 0.873. The van der Waals surface area contributed by atoms with Gasteiger partial charge in [0.25, 0.3) is 5.91 Å². The van der Waals surface area contributed by atoms with Gasteiger partial charge in [-0.05, 0) is 55.5 Å². The Kier molecular flexibility index (Phi) is 4.40. The van der Waals surface area contributed by atoms with Crippen LogP contribution in [-0.2, 0) is 0 Å². The third-order valence-electron chi connectivity index (χ3n) is 6.57. The number of carbonyl (C=O) groups excluding carboxylic acids is 3. The van der Waals surface area contributed by atoms with Gasteiger partial charge in [-0.15, -0.1) is 0 Å². The van der Waals surface area contributed by atoms with Crippen molar-refractivity contribution in [1.29, 1.82) is 0 Å². The van der Waals surface area contributed by atoms with Crippen molar-refractivity contribution in [3.63, 3.8) is 0 Å². The number of amides is 1. The zero-order valence-electron chi connectivity index (χ0n) is 17.8. The summed E-state index contributed by atoms with van der Waals surface area (Å²) in [6, 6.07) is 17.9. The normalized spacial score (nSPS) is 19.5. The Morgan fingerprint density at radius 2 is 1.48 bits per heavy atom. The van der Waals surface area contributed by atoms with Crippen molar-refractivity contribution in [1.82, 2.24) is 0 Å². The van der Waals surface area contributed by atoms with Crippen LogP contribution in [0.4, 0.5) is 5.69 Å². The molecule has 3 aromatic rings. The van der Waals surface area contributed by atoms with E-state index in [4.69, 9.17) is 0 Å². The second-order valence-corrected chi connectivity index (χ2v) is 8.64. The molecule has 2 atom stereocenters. The van der Waals surface area contributed by atoms with Crippen LogP contribution in [0.1, 0.15) is 79.5 Å². The van der Waals surface area contributed by atoms with E-state index in [1.54, 1.807) is 42.5 Å². The van der Waals surface area contributed by atoms with Crippen LogP contribution in [0.3, 0.4) is 0 Å². The molecule has 1 amide bonds. The van der Waals surface area contributed by atoms with Crippen molar-refractivity contribution in [2.24, 2.45) is 0 Å². The number of hydrogen-bond acceptors (Lipinski definition) is 3. The average molecular weight is 409 g/mol. The standard InChI is InChI=1S/C27H23NO3/c1-15-7-6-10-19-16(2)13-17(3)28(24(15)19)27(31)18-11-12-22-23(14-18)26(30)21-9-5-4-8-20(21)25(22)29/h4-12,14,16-17H,13H2,1-3H3/t16-,17-/m1/s1. The van der Waals surface area contributed by atoms with Crippen molar-refractivity contribution in [2.45, 2.75) is 39.2 Å². The zero-order chi connectivity index (χ0) is 21.9. The number of fused-ring (bicyclic) bond motifs is 3. The minimum atomic E-state index is -0.211. The van der Waals surface area contributed by atoms with Gasteiger partial charge >= 0.3 is 0 Å². The predicted molar refractivity (Wildman–Crippen MR) is 120 cm³/mol. The molecule has 1 heterocycles. The monoisotopic (exact) mass is 409 g/mol. The zero-order valence-corrected chi connectivity index (χ0v) is 17.8. The van der Waals surface area contributed by atoms with E-state index in [0.29, 0.717) is 33.7 Å². The SMILES string of the molecule is Cc1cccc2c1N(C(=O)c1ccc3c(c1)C(=O)c1ccccc1C3=O)[C@H](C)C[C@H]2C. The van der Waals surface area contributed by atoms with Crippen LogP contribution < -0.4 is 4.90 Å². The summed E-state index contributed by atoms with van der Waals surface area (Å²) in [7, 11) is 0. The maximum Gasteiger partial charge on any atom is 0.258 e. The molecular formula is C27H23NO3. The summed E-state index contributed by atoms with van der Waals surface area (Å²) in [4.78, 5) is 41.5. The second kappa shape index (κ2) is 7.02. The Balaban J connectivity index is 1.60. The molecule has 0 N–H and O–H groups in total. The molecule has 1 aliphatic carbocycles. The summed E-state index contributed by atoms with van der Waals surface area (Å²) in [6.45, 7) is 6.28. The van der Waals surface area contributed by atoms with E-state index in [0.717, 1.165) is 17.7 Å². The molecule has 31 heavy (non-hydrogen) atoms. The molecule has 0 unspecified atom stereocenters. The van der Waals surface area contributed by atoms with E-state index in [9.17, 15) is 14.4 Å². The van der Waals surface area contributed by atoms with Gasteiger partial charge in [-0.2, -0.15) is 0 Å². The number of para-hydroxylation sites is 1. The van der Waals surface area contributed by atoms with Gasteiger partial charge in [0.05, 0.1) is 5.69 Å². The topological polar surface area (TPSA) is 54.5 Å². The molecule has 5 rings (SSSR count). The Morgan fingerprint density at radius 1 is 0.839 bits per heavy atom. The lowest BCUT2D eigenvalue weighted by Gasteiger charge is -2.39. The maximum absolute atomic E-state index is 13.7. The van der Waals surface area contributed by atoms with Crippen LogP contribution in [0.25, 0.3) is 0 Å². The van der Waals surface area contributed by atoms with E-state index >= 15 is 0 Å². The molecule has 3 aromatic carbocycles. The molecular weight excluding hydrogens is 386 g/mol. The molecule has 0 spiro atoms. The van der Waals surface area contributed by atoms with Gasteiger partial charge < -0.3 is 4.90 Å². The molecule has 0 aromatic heterocycles. The third-order valence-corrected chi connectivity index (χ3v) is 6.57. The number of carbonyl (C=O) groups is 3. The van der Waals surface area contributed by atoms with Crippen molar-refractivity contribution in [2.75, 3.05) is 4.90 Å². The third kappa shape index (κ3) is 2.86. The fraction of sp³-hybridized carbons (Fsp3) is 0.222. The minimum absolute atomic E-state index is 0.0326. The van der Waals surface area contributed by atoms with Crippen LogP contribution in [0.15, 0.2) is 60.7 Å². The number of ketones is 2. The van der Waals surface area contributed by atoms with E-state index < -0.39 is 0 Å². The predicted octanol–water partition coefficient (Wildman–Crippen LogP) is 5.31. The van der Waals surface area contributed by atoms with Gasteiger partial charge in [0.1, 0.15) is 0 Å². The van der Waals surface area contributed by atoms with E-state index in [-0.39, 0.29) is 23.5 Å². The first-order valence-corrected chi connectivity index (χ1v) is 10.6. The molecule has 154 valence electrons. The summed E-state index contributed by atoms with van der Waals surface area (Å²) >= 11 is 0. The van der Waals surface area contributed by atoms with E-state index in [1.165, 1.54) is 5.56 Å². The van der Waals surface area contributed by atoms with E-state index in [2.05, 4.69) is 19.9 Å². The molecule has 0 bridgehead atoms. The number of anilines is 1. The molecule has 4 heteroatoms. The summed E-state index contributed by atoms with van der Waals surface area (Å²) in [5.41, 5.74) is 5.09. The van der Waals surface area contributed by atoms with Gasteiger partial charge in [0, 0.05) is 33.9 Å². The van der Waals surface area contributed by atoms with Crippen molar-refractivity contribution >= 4 is 23.2 Å². The van der Waals surface area contributed by atoms with Crippen LogP contribution in [0, 0.1) is 6.92 Å². The maximum atomic E-state index is 13.7. The van der Waals surface area contributed by atoms with Crippen molar-refractivity contribution in [3.8, 4) is 0 Å². The van der Waals surface area contributed by atoms with Gasteiger partial charge in [-0.3, -0.25) is 14.4 Å². The summed E-state index contributed by atoms with van der Waals surface area (Å²) in [5, 5.41) is 0. The molecule has 0 saturated heterocycles. The van der Waals surface area contributed by atoms with Crippen LogP contribution in [0.2, 0.25) is 0 Å². The molecule has 2 aliphatic rings. The van der Waals surface area contributed by atoms with Gasteiger partial charge in [-0.25, -0.2) is 0 Å². The highest BCUT2D eigenvalue weighted by Gasteiger charge is 2.35. The number of aryl methyl sites for hydroxylation is 1. The largest absolute Gasteiger partial charge is 0.305 e. The smallest absolute Gasteiger partial charge is 0.258 e. The number of rotatable bonds is 1. The van der Waals surface area contributed by atoms with Gasteiger partial charge in [-0.1, -0.05) is 49.4 Å².